The predicted octanol–water partition coefficient (Wildman–Crippen LogP) is 2.86. The number of carbonyl (C=O) groups excluding carboxylic acids is 2. The average molecular weight is 654 g/mol. The number of nitrogens with one attached hydrogen (secondary N) is 1. The van der Waals surface area contributed by atoms with Crippen molar-refractivity contribution in [3.8, 4) is 0 Å². The standard InChI is InChI=1S/C29H44N5O8PS/c1-19(2)26(31)27(36)42-22-15-25(34-12-11-24(30)33-20(34)3)41-23(22)17-40-43(38,32-16-21-9-7-6-8-10-21)39-13-14-44-28(37)29(4,5)18-35/h6-12,19,22-23,25-26,35H,3,13-18,31H2,1-2,4-5H3,(H2,30,33)(H,32,38)/t22?,23-,25+,26?,43?/m0/s1. The summed E-state index contributed by atoms with van der Waals surface area (Å²) in [6.07, 6.45) is 1.22. The number of hydrogen-bond acceptors (Lipinski definition) is 13. The largest absolute Gasteiger partial charge is 0.458 e. The number of nitrogens with zero attached hydrogens (tertiary/aromatic N) is 2. The summed E-state index contributed by atoms with van der Waals surface area (Å²) in [5.74, 6) is 0.0721. The first-order valence-electron chi connectivity index (χ1n) is 14.3. The molecule has 13 nitrogen and oxygen atoms in total. The summed E-state index contributed by atoms with van der Waals surface area (Å²) >= 11 is 0.973. The second-order valence-electron chi connectivity index (χ2n) is 11.4. The lowest BCUT2D eigenvalue weighted by Gasteiger charge is -2.28. The van der Waals surface area contributed by atoms with Gasteiger partial charge in [0, 0.05) is 24.9 Å². The fourth-order valence-corrected chi connectivity index (χ4v) is 6.27. The van der Waals surface area contributed by atoms with E-state index in [1.807, 2.05) is 44.2 Å². The number of esters is 1. The third kappa shape index (κ3) is 10.2. The number of carbonyl (C=O) groups is 2. The predicted molar refractivity (Wildman–Crippen MR) is 169 cm³/mol. The van der Waals surface area contributed by atoms with E-state index in [1.54, 1.807) is 31.0 Å². The molecule has 0 saturated carbocycles. The Morgan fingerprint density at radius 2 is 2.00 bits per heavy atom. The highest BCUT2D eigenvalue weighted by Gasteiger charge is 2.43. The minimum Gasteiger partial charge on any atom is -0.458 e. The number of hydrogen-bond donors (Lipinski definition) is 4. The van der Waals surface area contributed by atoms with Crippen LogP contribution in [-0.2, 0) is 39.2 Å². The molecule has 1 aromatic carbocycles. The zero-order chi connectivity index (χ0) is 32.5. The van der Waals surface area contributed by atoms with Gasteiger partial charge in [0.1, 0.15) is 36.1 Å². The van der Waals surface area contributed by atoms with E-state index in [2.05, 4.69) is 16.7 Å². The van der Waals surface area contributed by atoms with E-state index >= 15 is 0 Å². The van der Waals surface area contributed by atoms with Gasteiger partial charge in [-0.15, -0.1) is 0 Å². The van der Waals surface area contributed by atoms with Crippen molar-refractivity contribution >= 4 is 36.4 Å². The molecule has 0 bridgehead atoms. The van der Waals surface area contributed by atoms with Gasteiger partial charge >= 0.3 is 13.7 Å². The van der Waals surface area contributed by atoms with Crippen LogP contribution in [-0.4, -0.2) is 77.0 Å². The first-order valence-corrected chi connectivity index (χ1v) is 16.8. The van der Waals surface area contributed by atoms with Crippen LogP contribution in [0.4, 0.5) is 0 Å². The zero-order valence-corrected chi connectivity index (χ0v) is 27.3. The Balaban J connectivity index is 1.72. The minimum atomic E-state index is -3.97. The van der Waals surface area contributed by atoms with Crippen molar-refractivity contribution in [1.82, 2.24) is 9.99 Å². The number of aliphatic hydroxyl groups is 1. The third-order valence-electron chi connectivity index (χ3n) is 6.96. The van der Waals surface area contributed by atoms with E-state index in [0.717, 1.165) is 17.3 Å². The van der Waals surface area contributed by atoms with E-state index < -0.39 is 43.6 Å². The SMILES string of the molecule is C=C1N=C(N)C=CN1[C@H]1CC(OC(=O)C(N)C(C)C)[C@H](COP(=O)(NCc2ccccc2)OCCSC(=O)C(C)(C)CO)O1. The van der Waals surface area contributed by atoms with Crippen molar-refractivity contribution in [2.45, 2.75) is 65.1 Å². The summed E-state index contributed by atoms with van der Waals surface area (Å²) in [5, 5.41) is 12.1. The first kappa shape index (κ1) is 35.9. The van der Waals surface area contributed by atoms with Crippen molar-refractivity contribution in [3.63, 3.8) is 0 Å². The number of amidine groups is 1. The zero-order valence-electron chi connectivity index (χ0n) is 25.6. The highest BCUT2D eigenvalue weighted by atomic mass is 32.2. The van der Waals surface area contributed by atoms with Gasteiger partial charge in [-0.3, -0.25) is 18.6 Å². The third-order valence-corrected chi connectivity index (χ3v) is 9.71. The summed E-state index contributed by atoms with van der Waals surface area (Å²) in [6, 6.07) is 8.43. The molecular formula is C29H44N5O8PS. The van der Waals surface area contributed by atoms with Crippen LogP contribution in [0.15, 0.2) is 60.0 Å². The lowest BCUT2D eigenvalue weighted by molar-refractivity contribution is -0.155. The van der Waals surface area contributed by atoms with Gasteiger partial charge in [-0.25, -0.2) is 14.6 Å². The Labute approximate surface area is 263 Å². The summed E-state index contributed by atoms with van der Waals surface area (Å²) in [4.78, 5) is 31.0. The van der Waals surface area contributed by atoms with Crippen LogP contribution in [0.5, 0.6) is 0 Å². The van der Waals surface area contributed by atoms with E-state index in [0.29, 0.717) is 5.82 Å². The summed E-state index contributed by atoms with van der Waals surface area (Å²) in [5.41, 5.74) is 11.7. The molecule has 0 amide bonds. The molecule has 1 aromatic rings. The molecule has 2 heterocycles. The highest BCUT2D eigenvalue weighted by Crippen LogP contribution is 2.45. The lowest BCUT2D eigenvalue weighted by Crippen LogP contribution is -2.41. The molecule has 0 radical (unpaired) electrons. The molecule has 0 aromatic heterocycles. The molecule has 3 rings (SSSR count). The fourth-order valence-electron chi connectivity index (χ4n) is 4.03. The molecule has 3 unspecified atom stereocenters. The molecule has 5 atom stereocenters. The van der Waals surface area contributed by atoms with Gasteiger partial charge in [0.15, 0.2) is 5.12 Å². The number of rotatable bonds is 16. The van der Waals surface area contributed by atoms with Gasteiger partial charge in [0.25, 0.3) is 0 Å². The van der Waals surface area contributed by atoms with E-state index in [9.17, 15) is 19.3 Å². The second-order valence-corrected chi connectivity index (χ2v) is 14.3. The lowest BCUT2D eigenvalue weighted by atomic mass is 9.97. The smallest absolute Gasteiger partial charge is 0.405 e. The van der Waals surface area contributed by atoms with Gasteiger partial charge in [-0.05, 0) is 31.4 Å². The van der Waals surface area contributed by atoms with E-state index in [1.165, 1.54) is 0 Å². The van der Waals surface area contributed by atoms with Crippen molar-refractivity contribution in [3.05, 3.63) is 60.6 Å². The summed E-state index contributed by atoms with van der Waals surface area (Å²) in [6.45, 7) is 10.4. The van der Waals surface area contributed by atoms with Crippen LogP contribution in [0.1, 0.15) is 39.7 Å². The Morgan fingerprint density at radius 3 is 2.64 bits per heavy atom. The molecule has 15 heteroatoms. The van der Waals surface area contributed by atoms with Crippen LogP contribution in [0, 0.1) is 11.3 Å². The monoisotopic (exact) mass is 653 g/mol. The quantitative estimate of drug-likeness (QED) is 0.116. The number of thioether (sulfide) groups is 1. The van der Waals surface area contributed by atoms with Crippen molar-refractivity contribution in [1.29, 1.82) is 0 Å². The van der Waals surface area contributed by atoms with Gasteiger partial charge in [0.05, 0.1) is 25.2 Å². The maximum absolute atomic E-state index is 13.9. The molecule has 2 aliphatic heterocycles. The second kappa shape index (κ2) is 16.1. The van der Waals surface area contributed by atoms with Gasteiger partial charge in [-0.2, -0.15) is 0 Å². The van der Waals surface area contributed by atoms with Gasteiger partial charge < -0.3 is 30.9 Å². The molecule has 0 aliphatic carbocycles. The van der Waals surface area contributed by atoms with Gasteiger partial charge in [-0.1, -0.05) is 62.5 Å². The van der Waals surface area contributed by atoms with E-state index in [4.69, 9.17) is 30.0 Å². The summed E-state index contributed by atoms with van der Waals surface area (Å²) in [7, 11) is -3.97. The normalized spacial score (nSPS) is 22.5. The Hall–Kier alpha value is -2.55. The summed E-state index contributed by atoms with van der Waals surface area (Å²) < 4.78 is 37.4. The topological polar surface area (TPSA) is 188 Å². The number of nitrogens with two attached hydrogens (primary N) is 2. The highest BCUT2D eigenvalue weighted by molar-refractivity contribution is 8.13. The molecule has 44 heavy (non-hydrogen) atoms. The van der Waals surface area contributed by atoms with Crippen molar-refractivity contribution in [2.24, 2.45) is 27.8 Å². The Kier molecular flexibility index (Phi) is 13.2. The van der Waals surface area contributed by atoms with Crippen molar-refractivity contribution < 1.29 is 37.8 Å². The van der Waals surface area contributed by atoms with Crippen molar-refractivity contribution in [2.75, 3.05) is 25.6 Å². The minimum absolute atomic E-state index is 0.0788. The number of aliphatic hydroxyl groups excluding tert-OH is 1. The number of aliphatic imine (C=N–C) groups is 1. The molecule has 244 valence electrons. The van der Waals surface area contributed by atoms with E-state index in [-0.39, 0.29) is 55.4 Å². The fraction of sp³-hybridized carbons (Fsp3) is 0.552. The molecule has 2 aliphatic rings. The maximum atomic E-state index is 13.9. The molecule has 0 spiro atoms. The van der Waals surface area contributed by atoms with Gasteiger partial charge in [0.2, 0.25) is 0 Å². The molecular weight excluding hydrogens is 609 g/mol. The molecule has 6 N–H and O–H groups in total. The molecule has 1 fully saturated rings. The van der Waals surface area contributed by atoms with Crippen LogP contribution in [0.3, 0.4) is 0 Å². The van der Waals surface area contributed by atoms with Crippen LogP contribution in [0.2, 0.25) is 0 Å². The number of ether oxygens (including phenoxy) is 2. The maximum Gasteiger partial charge on any atom is 0.405 e. The Morgan fingerprint density at radius 1 is 1.30 bits per heavy atom. The average Bonchev–Trinajstić information content (AvgIpc) is 3.39. The number of benzene rings is 1. The first-order chi connectivity index (χ1) is 20.7. The van der Waals surface area contributed by atoms with Crippen LogP contribution >= 0.6 is 19.5 Å². The van der Waals surface area contributed by atoms with Crippen LogP contribution < -0.4 is 16.6 Å². The molecule has 1 saturated heterocycles. The Bertz CT molecular complexity index is 1260. The van der Waals surface area contributed by atoms with Crippen LogP contribution in [0.25, 0.3) is 0 Å².